The Bertz CT molecular complexity index is 386. The zero-order valence-electron chi connectivity index (χ0n) is 9.28. The van der Waals surface area contributed by atoms with Crippen molar-refractivity contribution in [3.63, 3.8) is 0 Å². The van der Waals surface area contributed by atoms with Gasteiger partial charge in [0.25, 0.3) is 0 Å². The molecule has 0 aliphatic carbocycles. The van der Waals surface area contributed by atoms with E-state index in [9.17, 15) is 4.39 Å². The number of nitrogens with two attached hydrogens (primary N) is 1. The van der Waals surface area contributed by atoms with Crippen LogP contribution in [0.1, 0.15) is 0 Å². The van der Waals surface area contributed by atoms with Crippen LogP contribution in [0.2, 0.25) is 0 Å². The lowest BCUT2D eigenvalue weighted by Crippen LogP contribution is -2.27. The number of rotatable bonds is 3. The highest BCUT2D eigenvalue weighted by Gasteiger charge is 2.15. The van der Waals surface area contributed by atoms with Crippen LogP contribution in [-0.2, 0) is 0 Å². The third kappa shape index (κ3) is 2.45. The topological polar surface area (TPSA) is 41.3 Å². The molecule has 0 amide bonds. The predicted octanol–water partition coefficient (Wildman–Crippen LogP) is 1.28. The van der Waals surface area contributed by atoms with Crippen molar-refractivity contribution in [2.45, 2.75) is 0 Å². The fourth-order valence-electron chi connectivity index (χ4n) is 1.89. The van der Waals surface area contributed by atoms with Gasteiger partial charge in [0, 0.05) is 31.7 Å². The Balaban J connectivity index is 1.97. The maximum absolute atomic E-state index is 12.8. The number of nitrogens with one attached hydrogen (secondary N) is 1. The monoisotopic (exact) mass is 221 g/mol. The maximum atomic E-state index is 12.8. The molecule has 0 bridgehead atoms. The Morgan fingerprint density at radius 1 is 1.44 bits per heavy atom. The second-order valence-corrected chi connectivity index (χ2v) is 4.12. The molecule has 1 atom stereocenters. The van der Waals surface area contributed by atoms with Gasteiger partial charge in [0.1, 0.15) is 5.82 Å². The Morgan fingerprint density at radius 3 is 2.69 bits per heavy atom. The first kappa shape index (κ1) is 10.8. The summed E-state index contributed by atoms with van der Waals surface area (Å²) in [5, 5.41) is 3.09. The molecule has 3 N–H and O–H groups in total. The highest BCUT2D eigenvalue weighted by molar-refractivity contribution is 5.45. The molecule has 1 heterocycles. The number of anilines is 1. The van der Waals surface area contributed by atoms with Crippen LogP contribution in [0, 0.1) is 11.7 Å². The highest BCUT2D eigenvalue weighted by atomic mass is 19.1. The van der Waals surface area contributed by atoms with E-state index < -0.39 is 0 Å². The molecule has 3 nitrogen and oxygen atoms in total. The van der Waals surface area contributed by atoms with Crippen LogP contribution < -0.4 is 16.0 Å². The second kappa shape index (κ2) is 4.43. The minimum atomic E-state index is -0.205. The Hall–Kier alpha value is -1.71. The summed E-state index contributed by atoms with van der Waals surface area (Å²) in [5.74, 6) is 0.955. The number of hydrogen-bond acceptors (Lipinski definition) is 3. The van der Waals surface area contributed by atoms with E-state index in [1.165, 1.54) is 12.1 Å². The van der Waals surface area contributed by atoms with Gasteiger partial charge in [0.15, 0.2) is 0 Å². The van der Waals surface area contributed by atoms with Gasteiger partial charge < -0.3 is 16.0 Å². The van der Waals surface area contributed by atoms with Gasteiger partial charge in [0.2, 0.25) is 0 Å². The lowest BCUT2D eigenvalue weighted by atomic mass is 10.1. The van der Waals surface area contributed by atoms with Crippen LogP contribution in [0.4, 0.5) is 10.1 Å². The lowest BCUT2D eigenvalue weighted by molar-refractivity contribution is 0.625. The third-order valence-corrected chi connectivity index (χ3v) is 2.76. The van der Waals surface area contributed by atoms with E-state index in [0.29, 0.717) is 5.92 Å². The zero-order valence-corrected chi connectivity index (χ0v) is 9.28. The van der Waals surface area contributed by atoms with Crippen molar-refractivity contribution in [1.29, 1.82) is 0 Å². The minimum absolute atomic E-state index is 0.205. The Morgan fingerprint density at radius 2 is 2.12 bits per heavy atom. The van der Waals surface area contributed by atoms with Crippen LogP contribution in [0.15, 0.2) is 36.2 Å². The van der Waals surface area contributed by atoms with E-state index in [4.69, 9.17) is 5.73 Å². The zero-order chi connectivity index (χ0) is 11.5. The number of nitrogens with zero attached hydrogens (tertiary/aromatic N) is 1. The third-order valence-electron chi connectivity index (χ3n) is 2.76. The first-order valence-electron chi connectivity index (χ1n) is 5.33. The SMILES string of the molecule is CN(C[C@H]1C=C(N)NC1)c1ccc(F)cc1. The Labute approximate surface area is 94.7 Å². The lowest BCUT2D eigenvalue weighted by Gasteiger charge is -2.21. The molecule has 0 spiro atoms. The van der Waals surface area contributed by atoms with E-state index in [0.717, 1.165) is 24.6 Å². The molecule has 0 saturated carbocycles. The van der Waals surface area contributed by atoms with Crippen molar-refractivity contribution in [2.75, 3.05) is 25.0 Å². The van der Waals surface area contributed by atoms with Crippen LogP contribution in [-0.4, -0.2) is 20.1 Å². The fraction of sp³-hybridized carbons (Fsp3) is 0.333. The maximum Gasteiger partial charge on any atom is 0.123 e. The van der Waals surface area contributed by atoms with E-state index >= 15 is 0 Å². The number of hydrogen-bond donors (Lipinski definition) is 2. The van der Waals surface area contributed by atoms with Crippen LogP contribution in [0.25, 0.3) is 0 Å². The molecule has 0 radical (unpaired) electrons. The molecular weight excluding hydrogens is 205 g/mol. The van der Waals surface area contributed by atoms with E-state index in [2.05, 4.69) is 10.2 Å². The molecule has 0 aromatic heterocycles. The molecule has 1 aromatic rings. The van der Waals surface area contributed by atoms with Gasteiger partial charge in [0.05, 0.1) is 5.82 Å². The molecule has 16 heavy (non-hydrogen) atoms. The van der Waals surface area contributed by atoms with Crippen molar-refractivity contribution < 1.29 is 4.39 Å². The summed E-state index contributed by atoms with van der Waals surface area (Å²) < 4.78 is 12.8. The summed E-state index contributed by atoms with van der Waals surface area (Å²) in [4.78, 5) is 2.10. The van der Waals surface area contributed by atoms with E-state index in [1.54, 1.807) is 12.1 Å². The quantitative estimate of drug-likeness (QED) is 0.808. The number of halogens is 1. The summed E-state index contributed by atoms with van der Waals surface area (Å²) in [6.45, 7) is 1.75. The molecule has 4 heteroatoms. The van der Waals surface area contributed by atoms with Gasteiger partial charge in [-0.1, -0.05) is 0 Å². The Kier molecular flexibility index (Phi) is 2.99. The average molecular weight is 221 g/mol. The smallest absolute Gasteiger partial charge is 0.123 e. The molecule has 2 rings (SSSR count). The first-order chi connectivity index (χ1) is 7.65. The highest BCUT2D eigenvalue weighted by Crippen LogP contribution is 2.16. The summed E-state index contributed by atoms with van der Waals surface area (Å²) in [6.07, 6.45) is 2.03. The summed E-state index contributed by atoms with van der Waals surface area (Å²) in [5.41, 5.74) is 6.66. The predicted molar refractivity (Wildman–Crippen MR) is 63.4 cm³/mol. The van der Waals surface area contributed by atoms with Gasteiger partial charge in [-0.25, -0.2) is 4.39 Å². The molecule has 0 unspecified atom stereocenters. The second-order valence-electron chi connectivity index (χ2n) is 4.12. The standard InChI is InChI=1S/C12H16FN3/c1-16(8-9-6-12(14)15-7-9)11-4-2-10(13)3-5-11/h2-6,9,15H,7-8,14H2,1H3/t9-/m0/s1. The van der Waals surface area contributed by atoms with Gasteiger partial charge in [-0.3, -0.25) is 0 Å². The molecule has 1 aliphatic rings. The summed E-state index contributed by atoms with van der Waals surface area (Å²) >= 11 is 0. The molecule has 0 saturated heterocycles. The fourth-order valence-corrected chi connectivity index (χ4v) is 1.89. The molecule has 86 valence electrons. The first-order valence-corrected chi connectivity index (χ1v) is 5.33. The summed E-state index contributed by atoms with van der Waals surface area (Å²) in [7, 11) is 2.00. The van der Waals surface area contributed by atoms with Crippen molar-refractivity contribution in [1.82, 2.24) is 5.32 Å². The van der Waals surface area contributed by atoms with Gasteiger partial charge >= 0.3 is 0 Å². The average Bonchev–Trinajstić information content (AvgIpc) is 2.65. The van der Waals surface area contributed by atoms with Crippen molar-refractivity contribution >= 4 is 5.69 Å². The number of benzene rings is 1. The minimum Gasteiger partial charge on any atom is -0.386 e. The molecule has 1 aromatic carbocycles. The van der Waals surface area contributed by atoms with Gasteiger partial charge in [-0.15, -0.1) is 0 Å². The molecular formula is C12H16FN3. The van der Waals surface area contributed by atoms with Crippen LogP contribution >= 0.6 is 0 Å². The van der Waals surface area contributed by atoms with E-state index in [1.807, 2.05) is 13.1 Å². The van der Waals surface area contributed by atoms with Crippen LogP contribution in [0.5, 0.6) is 0 Å². The summed E-state index contributed by atoms with van der Waals surface area (Å²) in [6, 6.07) is 6.52. The molecule has 0 fully saturated rings. The van der Waals surface area contributed by atoms with Gasteiger partial charge in [-0.2, -0.15) is 0 Å². The van der Waals surface area contributed by atoms with Crippen LogP contribution in [0.3, 0.4) is 0 Å². The van der Waals surface area contributed by atoms with Crippen molar-refractivity contribution in [3.8, 4) is 0 Å². The van der Waals surface area contributed by atoms with Crippen molar-refractivity contribution in [3.05, 3.63) is 42.0 Å². The van der Waals surface area contributed by atoms with Gasteiger partial charge in [-0.05, 0) is 30.3 Å². The largest absolute Gasteiger partial charge is 0.386 e. The van der Waals surface area contributed by atoms with Crippen molar-refractivity contribution in [2.24, 2.45) is 11.7 Å². The molecule has 1 aliphatic heterocycles. The normalized spacial score (nSPS) is 19.1. The van der Waals surface area contributed by atoms with E-state index in [-0.39, 0.29) is 5.82 Å².